The van der Waals surface area contributed by atoms with Crippen LogP contribution in [0.2, 0.25) is 0 Å². The van der Waals surface area contributed by atoms with Gasteiger partial charge in [0.1, 0.15) is 6.10 Å². The molecule has 1 atom stereocenters. The molecule has 0 aliphatic heterocycles. The van der Waals surface area contributed by atoms with Gasteiger partial charge in [0.05, 0.1) is 30.7 Å². The molecule has 0 rings (SSSR count). The largest absolute Gasteiger partial charge is 0.388 e. The smallest absolute Gasteiger partial charge is 0.102 e. The molecule has 11 heavy (non-hydrogen) atoms. The summed E-state index contributed by atoms with van der Waals surface area (Å²) < 4.78 is 9.47. The average Bonchev–Trinajstić information content (AvgIpc) is 1.83. The van der Waals surface area contributed by atoms with Gasteiger partial charge in [-0.25, -0.2) is 0 Å². The lowest BCUT2D eigenvalue weighted by atomic mass is 10.2. The zero-order valence-corrected chi connectivity index (χ0v) is 7.89. The maximum Gasteiger partial charge on any atom is 0.102 e. The Morgan fingerprint density at radius 1 is 1.36 bits per heavy atom. The first-order chi connectivity index (χ1) is 4.95. The summed E-state index contributed by atoms with van der Waals surface area (Å²) in [4.78, 5) is 0. The van der Waals surface area contributed by atoms with Crippen molar-refractivity contribution in [3.63, 3.8) is 0 Å². The van der Waals surface area contributed by atoms with E-state index in [4.69, 9.17) is 21.7 Å². The molecule has 4 heteroatoms. The Balaban J connectivity index is 3.38. The Kier molecular flexibility index (Phi) is 5.01. The van der Waals surface area contributed by atoms with Crippen LogP contribution in [0.25, 0.3) is 0 Å². The maximum atomic E-state index is 9.08. The molecule has 3 nitrogen and oxygen atoms in total. The predicted molar refractivity (Wildman–Crippen MR) is 43.5 cm³/mol. The molecular formula is C7H15ClO3. The van der Waals surface area contributed by atoms with Gasteiger partial charge in [-0.05, 0) is 20.8 Å². The van der Waals surface area contributed by atoms with Crippen LogP contribution >= 0.6 is 11.9 Å². The standard InChI is InChI=1S/C7H15ClO3/c1-7(2,3)10-4-6(9)5-11-8/h6,9H,4-5H2,1-3H3/t6-/m1/s1. The second-order valence-corrected chi connectivity index (χ2v) is 3.57. The van der Waals surface area contributed by atoms with E-state index in [-0.39, 0.29) is 18.8 Å². The topological polar surface area (TPSA) is 38.7 Å². The summed E-state index contributed by atoms with van der Waals surface area (Å²) >= 11 is 4.93. The van der Waals surface area contributed by atoms with Crippen LogP contribution in [-0.2, 0) is 9.03 Å². The summed E-state index contributed by atoms with van der Waals surface area (Å²) in [5.41, 5.74) is -0.229. The minimum atomic E-state index is -0.647. The lowest BCUT2D eigenvalue weighted by molar-refractivity contribution is -0.0580. The first-order valence-electron chi connectivity index (χ1n) is 3.51. The number of halogens is 1. The van der Waals surface area contributed by atoms with Crippen molar-refractivity contribution in [2.75, 3.05) is 13.2 Å². The molecule has 0 unspecified atom stereocenters. The molecule has 0 aromatic heterocycles. The summed E-state index contributed by atoms with van der Waals surface area (Å²) in [5.74, 6) is 0. The van der Waals surface area contributed by atoms with Crippen LogP contribution in [0.5, 0.6) is 0 Å². The van der Waals surface area contributed by atoms with Crippen LogP contribution < -0.4 is 0 Å². The van der Waals surface area contributed by atoms with E-state index < -0.39 is 6.10 Å². The van der Waals surface area contributed by atoms with Crippen molar-refractivity contribution in [2.24, 2.45) is 0 Å². The fraction of sp³-hybridized carbons (Fsp3) is 1.00. The Labute approximate surface area is 72.4 Å². The SMILES string of the molecule is CC(C)(C)OC[C@@H](O)COCl. The minimum absolute atomic E-state index is 0.0949. The summed E-state index contributed by atoms with van der Waals surface area (Å²) in [6.45, 7) is 6.09. The number of rotatable bonds is 4. The van der Waals surface area contributed by atoms with Crippen molar-refractivity contribution in [1.82, 2.24) is 0 Å². The van der Waals surface area contributed by atoms with Gasteiger partial charge in [0.15, 0.2) is 0 Å². The summed E-state index contributed by atoms with van der Waals surface area (Å²) in [6, 6.07) is 0. The van der Waals surface area contributed by atoms with Crippen LogP contribution in [0.3, 0.4) is 0 Å². The van der Waals surface area contributed by atoms with Gasteiger partial charge in [0, 0.05) is 0 Å². The predicted octanol–water partition coefficient (Wildman–Crippen LogP) is 1.33. The minimum Gasteiger partial charge on any atom is -0.388 e. The van der Waals surface area contributed by atoms with Crippen molar-refractivity contribution in [3.05, 3.63) is 0 Å². The zero-order chi connectivity index (χ0) is 8.91. The first kappa shape index (κ1) is 11.2. The highest BCUT2D eigenvalue weighted by Gasteiger charge is 2.13. The summed E-state index contributed by atoms with van der Waals surface area (Å²) in [6.07, 6.45) is -0.647. The quantitative estimate of drug-likeness (QED) is 0.713. The third-order valence-corrected chi connectivity index (χ3v) is 1.09. The maximum absolute atomic E-state index is 9.08. The molecule has 0 radical (unpaired) electrons. The molecule has 0 aromatic rings. The van der Waals surface area contributed by atoms with Gasteiger partial charge in [-0.3, -0.25) is 4.29 Å². The molecule has 0 aromatic carbocycles. The normalized spacial score (nSPS) is 15.0. The van der Waals surface area contributed by atoms with Gasteiger partial charge >= 0.3 is 0 Å². The molecule has 0 bridgehead atoms. The Morgan fingerprint density at radius 3 is 2.27 bits per heavy atom. The van der Waals surface area contributed by atoms with Crippen molar-refractivity contribution >= 4 is 11.9 Å². The van der Waals surface area contributed by atoms with Crippen LogP contribution in [0.15, 0.2) is 0 Å². The average molecular weight is 183 g/mol. The number of hydrogen-bond acceptors (Lipinski definition) is 3. The van der Waals surface area contributed by atoms with Gasteiger partial charge in [-0.15, -0.1) is 0 Å². The second kappa shape index (κ2) is 4.93. The molecule has 0 aliphatic carbocycles. The van der Waals surface area contributed by atoms with E-state index in [0.717, 1.165) is 0 Å². The third kappa shape index (κ3) is 8.07. The van der Waals surface area contributed by atoms with E-state index in [1.807, 2.05) is 20.8 Å². The van der Waals surface area contributed by atoms with Crippen molar-refractivity contribution in [2.45, 2.75) is 32.5 Å². The molecule has 1 N–H and O–H groups in total. The second-order valence-electron chi connectivity index (χ2n) is 3.35. The van der Waals surface area contributed by atoms with Gasteiger partial charge in [0.2, 0.25) is 0 Å². The van der Waals surface area contributed by atoms with E-state index in [0.29, 0.717) is 0 Å². The van der Waals surface area contributed by atoms with E-state index in [9.17, 15) is 0 Å². The summed E-state index contributed by atoms with van der Waals surface area (Å²) in [5, 5.41) is 9.08. The molecule has 68 valence electrons. The molecule has 0 saturated heterocycles. The molecule has 0 amide bonds. The van der Waals surface area contributed by atoms with Gasteiger partial charge in [0.25, 0.3) is 0 Å². The number of aliphatic hydroxyl groups is 1. The molecule has 0 heterocycles. The number of ether oxygens (including phenoxy) is 1. The highest BCUT2D eigenvalue weighted by atomic mass is 35.5. The van der Waals surface area contributed by atoms with Crippen molar-refractivity contribution in [1.29, 1.82) is 0 Å². The molecule has 0 aliphatic rings. The van der Waals surface area contributed by atoms with E-state index in [1.165, 1.54) is 0 Å². The van der Waals surface area contributed by atoms with Crippen LogP contribution in [0.4, 0.5) is 0 Å². The highest BCUT2D eigenvalue weighted by Crippen LogP contribution is 2.07. The number of hydrogen-bond donors (Lipinski definition) is 1. The Bertz CT molecular complexity index is 100. The molecule has 0 spiro atoms. The summed E-state index contributed by atoms with van der Waals surface area (Å²) in [7, 11) is 0. The van der Waals surface area contributed by atoms with Crippen LogP contribution in [-0.4, -0.2) is 30.0 Å². The van der Waals surface area contributed by atoms with E-state index in [2.05, 4.69) is 4.29 Å². The van der Waals surface area contributed by atoms with Gasteiger partial charge in [-0.2, -0.15) is 0 Å². The Morgan fingerprint density at radius 2 is 1.91 bits per heavy atom. The lowest BCUT2D eigenvalue weighted by Gasteiger charge is -2.21. The van der Waals surface area contributed by atoms with Gasteiger partial charge in [-0.1, -0.05) is 0 Å². The third-order valence-electron chi connectivity index (χ3n) is 0.964. The van der Waals surface area contributed by atoms with E-state index in [1.54, 1.807) is 0 Å². The number of aliphatic hydroxyl groups excluding tert-OH is 1. The van der Waals surface area contributed by atoms with Crippen molar-refractivity contribution < 1.29 is 14.1 Å². The lowest BCUT2D eigenvalue weighted by Crippen LogP contribution is -2.28. The first-order valence-corrected chi connectivity index (χ1v) is 3.82. The zero-order valence-electron chi connectivity index (χ0n) is 7.13. The van der Waals surface area contributed by atoms with E-state index >= 15 is 0 Å². The molecule has 0 saturated carbocycles. The Hall–Kier alpha value is 0.170. The monoisotopic (exact) mass is 182 g/mol. The van der Waals surface area contributed by atoms with Crippen molar-refractivity contribution in [3.8, 4) is 0 Å². The van der Waals surface area contributed by atoms with Gasteiger partial charge < -0.3 is 9.84 Å². The van der Waals surface area contributed by atoms with Crippen LogP contribution in [0.1, 0.15) is 20.8 Å². The molecule has 0 fully saturated rings. The highest BCUT2D eigenvalue weighted by molar-refractivity contribution is 6.07. The molecular weight excluding hydrogens is 168 g/mol. The fourth-order valence-corrected chi connectivity index (χ4v) is 0.612. The van der Waals surface area contributed by atoms with Crippen LogP contribution in [0, 0.1) is 0 Å². The fourth-order valence-electron chi connectivity index (χ4n) is 0.467.